The molecule has 0 rings (SSSR count). The molecular formula is C25H52N6O4. The van der Waals surface area contributed by atoms with E-state index in [1.54, 1.807) is 0 Å². The second-order valence-corrected chi connectivity index (χ2v) is 10.4. The molecule has 2 unspecified atom stereocenters. The Balaban J connectivity index is 0. The molecule has 0 aliphatic rings. The van der Waals surface area contributed by atoms with Gasteiger partial charge in [-0.25, -0.2) is 0 Å². The summed E-state index contributed by atoms with van der Waals surface area (Å²) in [6, 6.07) is -0.788. The van der Waals surface area contributed by atoms with E-state index in [0.717, 1.165) is 12.8 Å². The molecule has 0 aliphatic carbocycles. The van der Waals surface area contributed by atoms with Gasteiger partial charge in [-0.3, -0.25) is 19.2 Å². The van der Waals surface area contributed by atoms with Crippen molar-refractivity contribution in [2.75, 3.05) is 13.1 Å². The van der Waals surface area contributed by atoms with E-state index < -0.39 is 23.9 Å². The number of rotatable bonds is 17. The molecule has 0 heterocycles. The summed E-state index contributed by atoms with van der Waals surface area (Å²) in [6.45, 7) is 17.4. The summed E-state index contributed by atoms with van der Waals surface area (Å²) in [5.74, 6) is -0.164. The van der Waals surface area contributed by atoms with Gasteiger partial charge in [-0.15, -0.1) is 0 Å². The topological polar surface area (TPSA) is 168 Å². The molecule has 0 saturated heterocycles. The molecule has 0 aromatic heterocycles. The van der Waals surface area contributed by atoms with Crippen molar-refractivity contribution in [2.24, 2.45) is 23.3 Å². The van der Waals surface area contributed by atoms with Gasteiger partial charge in [-0.2, -0.15) is 0 Å². The van der Waals surface area contributed by atoms with E-state index in [-0.39, 0.29) is 36.7 Å². The second kappa shape index (κ2) is 20.0. The van der Waals surface area contributed by atoms with Crippen molar-refractivity contribution >= 4 is 23.6 Å². The maximum atomic E-state index is 11.9. The third-order valence-electron chi connectivity index (χ3n) is 4.70. The van der Waals surface area contributed by atoms with E-state index in [4.69, 9.17) is 11.5 Å². The van der Waals surface area contributed by atoms with Crippen molar-refractivity contribution in [3.63, 3.8) is 0 Å². The van der Waals surface area contributed by atoms with Crippen LogP contribution in [0.5, 0.6) is 0 Å². The molecule has 0 radical (unpaired) electrons. The van der Waals surface area contributed by atoms with Gasteiger partial charge in [-0.1, -0.05) is 68.2 Å². The van der Waals surface area contributed by atoms with Gasteiger partial charge in [-0.05, 0) is 18.3 Å². The highest BCUT2D eigenvalue weighted by Crippen LogP contribution is 2.05. The minimum Gasteiger partial charge on any atom is -0.370 e. The Morgan fingerprint density at radius 3 is 1.40 bits per heavy atom. The fourth-order valence-electron chi connectivity index (χ4n) is 3.10. The molecule has 0 aromatic carbocycles. The zero-order chi connectivity index (χ0) is 27.6. The molecule has 10 heteroatoms. The SMILES string of the molecule is CC(C)CCCCNC(=O)C(CC(N)=O)NC(C)C.CC(C)CNC(=O)C(CC(N)=O)NC(C)C. The fraction of sp³-hybridized carbons (Fsp3) is 0.840. The van der Waals surface area contributed by atoms with Crippen LogP contribution < -0.4 is 32.7 Å². The summed E-state index contributed by atoms with van der Waals surface area (Å²) in [7, 11) is 0. The van der Waals surface area contributed by atoms with Crippen molar-refractivity contribution in [3.8, 4) is 0 Å². The summed E-state index contributed by atoms with van der Waals surface area (Å²) in [4.78, 5) is 45.5. The van der Waals surface area contributed by atoms with Gasteiger partial charge < -0.3 is 32.7 Å². The lowest BCUT2D eigenvalue weighted by Gasteiger charge is -2.20. The van der Waals surface area contributed by atoms with Crippen LogP contribution in [0.1, 0.15) is 87.5 Å². The lowest BCUT2D eigenvalue weighted by atomic mass is 10.1. The number of carbonyl (C=O) groups excluding carboxylic acids is 4. The van der Waals surface area contributed by atoms with Crippen LogP contribution >= 0.6 is 0 Å². The van der Waals surface area contributed by atoms with Crippen LogP contribution in [0.4, 0.5) is 0 Å². The Morgan fingerprint density at radius 2 is 1.06 bits per heavy atom. The number of hydrogen-bond acceptors (Lipinski definition) is 6. The van der Waals surface area contributed by atoms with E-state index >= 15 is 0 Å². The average molecular weight is 501 g/mol. The number of nitrogens with two attached hydrogens (primary N) is 2. The van der Waals surface area contributed by atoms with Crippen LogP contribution in [0.3, 0.4) is 0 Å². The standard InChI is InChI=1S/C14H29N3O2.C11H23N3O2/c1-10(2)7-5-6-8-16-14(19)12(9-13(15)18)17-11(3)4;1-7(2)6-13-11(16)9(5-10(12)15)14-8(3)4/h10-12,17H,5-9H2,1-4H3,(H2,15,18)(H,16,19);7-9,14H,5-6H2,1-4H3,(H2,12,15)(H,13,16). The second-order valence-electron chi connectivity index (χ2n) is 10.4. The minimum atomic E-state index is -0.531. The highest BCUT2D eigenvalue weighted by atomic mass is 16.2. The molecular weight excluding hydrogens is 448 g/mol. The molecule has 10 nitrogen and oxygen atoms in total. The van der Waals surface area contributed by atoms with Crippen molar-refractivity contribution in [1.29, 1.82) is 0 Å². The van der Waals surface area contributed by atoms with Gasteiger partial charge >= 0.3 is 0 Å². The number of amides is 4. The Kier molecular flexibility index (Phi) is 20.0. The first-order chi connectivity index (χ1) is 16.1. The van der Waals surface area contributed by atoms with E-state index in [1.807, 2.05) is 41.5 Å². The molecule has 0 fully saturated rings. The molecule has 0 bridgehead atoms. The molecule has 206 valence electrons. The molecule has 0 aromatic rings. The van der Waals surface area contributed by atoms with Crippen LogP contribution in [0.25, 0.3) is 0 Å². The molecule has 35 heavy (non-hydrogen) atoms. The summed E-state index contributed by atoms with van der Waals surface area (Å²) in [6.07, 6.45) is 3.31. The lowest BCUT2D eigenvalue weighted by Crippen LogP contribution is -2.49. The quantitative estimate of drug-likeness (QED) is 0.164. The number of hydrogen-bond donors (Lipinski definition) is 6. The first kappa shape index (κ1) is 35.0. The monoisotopic (exact) mass is 500 g/mol. The van der Waals surface area contributed by atoms with Crippen LogP contribution in [-0.2, 0) is 19.2 Å². The maximum absolute atomic E-state index is 11.9. The first-order valence-electron chi connectivity index (χ1n) is 12.8. The molecule has 0 aliphatic heterocycles. The number of nitrogens with one attached hydrogen (secondary N) is 4. The van der Waals surface area contributed by atoms with Gasteiger partial charge in [0.1, 0.15) is 0 Å². The number of carbonyl (C=O) groups is 4. The smallest absolute Gasteiger partial charge is 0.237 e. The Bertz CT molecular complexity index is 623. The lowest BCUT2D eigenvalue weighted by molar-refractivity contribution is -0.127. The zero-order valence-corrected chi connectivity index (χ0v) is 23.2. The van der Waals surface area contributed by atoms with Gasteiger partial charge in [0.05, 0.1) is 24.9 Å². The van der Waals surface area contributed by atoms with Gasteiger partial charge in [0.2, 0.25) is 23.6 Å². The predicted octanol–water partition coefficient (Wildman–Crippen LogP) is 1.17. The summed E-state index contributed by atoms with van der Waals surface area (Å²) >= 11 is 0. The van der Waals surface area contributed by atoms with Crippen LogP contribution in [-0.4, -0.2) is 60.9 Å². The molecule has 8 N–H and O–H groups in total. The highest BCUT2D eigenvalue weighted by molar-refractivity contribution is 5.88. The Labute approximate surface area is 212 Å². The van der Waals surface area contributed by atoms with Gasteiger partial charge in [0, 0.05) is 25.2 Å². The summed E-state index contributed by atoms with van der Waals surface area (Å²) in [5.41, 5.74) is 10.3. The third kappa shape index (κ3) is 23.3. The first-order valence-corrected chi connectivity index (χ1v) is 12.8. The number of primary amides is 2. The van der Waals surface area contributed by atoms with Crippen LogP contribution in [0.2, 0.25) is 0 Å². The van der Waals surface area contributed by atoms with Crippen molar-refractivity contribution < 1.29 is 19.2 Å². The van der Waals surface area contributed by atoms with Crippen molar-refractivity contribution in [2.45, 2.75) is 112 Å². The van der Waals surface area contributed by atoms with E-state index in [2.05, 4.69) is 35.1 Å². The van der Waals surface area contributed by atoms with Gasteiger partial charge in [0.15, 0.2) is 0 Å². The summed E-state index contributed by atoms with van der Waals surface area (Å²) in [5, 5.41) is 11.7. The largest absolute Gasteiger partial charge is 0.370 e. The van der Waals surface area contributed by atoms with Crippen LogP contribution in [0.15, 0.2) is 0 Å². The molecule has 0 spiro atoms. The number of unbranched alkanes of at least 4 members (excludes halogenated alkanes) is 1. The highest BCUT2D eigenvalue weighted by Gasteiger charge is 2.21. The Hall–Kier alpha value is -2.20. The van der Waals surface area contributed by atoms with Crippen molar-refractivity contribution in [1.82, 2.24) is 21.3 Å². The van der Waals surface area contributed by atoms with E-state index in [0.29, 0.717) is 24.9 Å². The van der Waals surface area contributed by atoms with E-state index in [9.17, 15) is 19.2 Å². The summed E-state index contributed by atoms with van der Waals surface area (Å²) < 4.78 is 0. The Morgan fingerprint density at radius 1 is 0.629 bits per heavy atom. The normalized spacial score (nSPS) is 12.8. The molecule has 0 saturated carbocycles. The van der Waals surface area contributed by atoms with Crippen LogP contribution in [0, 0.1) is 11.8 Å². The van der Waals surface area contributed by atoms with Gasteiger partial charge in [0.25, 0.3) is 0 Å². The molecule has 2 atom stereocenters. The fourth-order valence-corrected chi connectivity index (χ4v) is 3.10. The minimum absolute atomic E-state index is 0.0299. The van der Waals surface area contributed by atoms with Crippen molar-refractivity contribution in [3.05, 3.63) is 0 Å². The maximum Gasteiger partial charge on any atom is 0.237 e. The third-order valence-corrected chi connectivity index (χ3v) is 4.70. The average Bonchev–Trinajstić information content (AvgIpc) is 2.69. The predicted molar refractivity (Wildman–Crippen MR) is 141 cm³/mol. The molecule has 4 amide bonds. The zero-order valence-electron chi connectivity index (χ0n) is 23.2. The van der Waals surface area contributed by atoms with E-state index in [1.165, 1.54) is 6.42 Å².